The first-order valence-corrected chi connectivity index (χ1v) is 10.6. The fraction of sp³-hybridized carbons (Fsp3) is 0.304. The summed E-state index contributed by atoms with van der Waals surface area (Å²) in [6, 6.07) is 11.5. The maximum absolute atomic E-state index is 13.7. The summed E-state index contributed by atoms with van der Waals surface area (Å²) in [5.41, 5.74) is 5.89. The molecule has 0 fully saturated rings. The van der Waals surface area contributed by atoms with Crippen LogP contribution in [-0.2, 0) is 7.05 Å². The Bertz CT molecular complexity index is 1330. The summed E-state index contributed by atoms with van der Waals surface area (Å²) in [7, 11) is 1.85. The third kappa shape index (κ3) is 2.87. The molecule has 0 aliphatic carbocycles. The zero-order valence-corrected chi connectivity index (χ0v) is 18.8. The summed E-state index contributed by atoms with van der Waals surface area (Å²) in [6.45, 7) is 8.16. The minimum absolute atomic E-state index is 0.105. The largest absolute Gasteiger partial charge is 0.327 e. The van der Waals surface area contributed by atoms with Crippen LogP contribution in [0.4, 0.5) is 5.69 Å². The van der Waals surface area contributed by atoms with Crippen molar-refractivity contribution in [3.05, 3.63) is 69.8 Å². The summed E-state index contributed by atoms with van der Waals surface area (Å²) in [6.07, 6.45) is 0. The first-order chi connectivity index (χ1) is 14.8. The molecule has 0 saturated heterocycles. The predicted molar refractivity (Wildman–Crippen MR) is 121 cm³/mol. The highest BCUT2D eigenvalue weighted by Gasteiger charge is 2.44. The second-order valence-electron chi connectivity index (χ2n) is 8.33. The van der Waals surface area contributed by atoms with Crippen molar-refractivity contribution in [3.8, 4) is 0 Å². The van der Waals surface area contributed by atoms with Gasteiger partial charge in [-0.2, -0.15) is 0 Å². The lowest BCUT2D eigenvalue weighted by Crippen LogP contribution is -2.30. The van der Waals surface area contributed by atoms with Crippen molar-refractivity contribution < 1.29 is 4.79 Å². The van der Waals surface area contributed by atoms with Crippen LogP contribution in [0.3, 0.4) is 0 Å². The molecule has 0 radical (unpaired) electrons. The monoisotopic (exact) mass is 434 g/mol. The fourth-order valence-electron chi connectivity index (χ4n) is 4.62. The number of carbonyl (C=O) groups excluding carboxylic acids is 1. The van der Waals surface area contributed by atoms with Gasteiger partial charge in [-0.1, -0.05) is 28.9 Å². The van der Waals surface area contributed by atoms with E-state index in [-0.39, 0.29) is 18.0 Å². The van der Waals surface area contributed by atoms with E-state index in [0.717, 1.165) is 39.4 Å². The minimum atomic E-state index is -0.304. The maximum Gasteiger partial charge on any atom is 0.279 e. The number of aryl methyl sites for hydroxylation is 3. The van der Waals surface area contributed by atoms with Gasteiger partial charge in [-0.05, 0) is 63.1 Å². The first kappa shape index (κ1) is 19.8. The van der Waals surface area contributed by atoms with Crippen LogP contribution >= 0.6 is 11.6 Å². The number of benzene rings is 2. The van der Waals surface area contributed by atoms with Crippen molar-refractivity contribution >= 4 is 34.2 Å². The number of halogens is 1. The van der Waals surface area contributed by atoms with E-state index in [4.69, 9.17) is 11.6 Å². The Morgan fingerprint density at radius 2 is 1.81 bits per heavy atom. The quantitative estimate of drug-likeness (QED) is 0.466. The smallest absolute Gasteiger partial charge is 0.279 e. The fourth-order valence-corrected chi connectivity index (χ4v) is 4.75. The Labute approximate surface area is 185 Å². The molecular weight excluding hydrogens is 412 g/mol. The Morgan fingerprint density at radius 1 is 1.10 bits per heavy atom. The van der Waals surface area contributed by atoms with Gasteiger partial charge < -0.3 is 4.57 Å². The molecule has 0 bridgehead atoms. The van der Waals surface area contributed by atoms with Crippen molar-refractivity contribution in [2.75, 3.05) is 4.90 Å². The standard InChI is InChI=1S/C23H23ClN6O/c1-12(2)29-14(4)25-20-22(29)21(15-6-8-16(24)9-7-15)30(23(20)31)17-10-13(3)19-18(11-17)28(5)27-26-19/h6-12,21H,1-5H3/t21-/m0/s1. The van der Waals surface area contributed by atoms with Gasteiger partial charge in [-0.15, -0.1) is 5.10 Å². The van der Waals surface area contributed by atoms with Crippen molar-refractivity contribution in [2.45, 2.75) is 39.8 Å². The molecule has 1 atom stereocenters. The molecule has 0 N–H and O–H groups in total. The topological polar surface area (TPSA) is 68.8 Å². The Morgan fingerprint density at radius 3 is 2.48 bits per heavy atom. The van der Waals surface area contributed by atoms with Gasteiger partial charge in [0.2, 0.25) is 0 Å². The maximum atomic E-state index is 13.7. The molecule has 1 amide bonds. The van der Waals surface area contributed by atoms with Crippen LogP contribution in [0.15, 0.2) is 36.4 Å². The molecule has 1 aliphatic heterocycles. The van der Waals surface area contributed by atoms with E-state index in [9.17, 15) is 4.79 Å². The number of hydrogen-bond acceptors (Lipinski definition) is 4. The number of fused-ring (bicyclic) bond motifs is 2. The molecule has 4 aromatic rings. The van der Waals surface area contributed by atoms with E-state index in [0.29, 0.717) is 10.7 Å². The van der Waals surface area contributed by atoms with Gasteiger partial charge in [0, 0.05) is 23.8 Å². The lowest BCUT2D eigenvalue weighted by atomic mass is 10.0. The Hall–Kier alpha value is -3.19. The van der Waals surface area contributed by atoms with Crippen LogP contribution in [0.1, 0.15) is 59.1 Å². The normalized spacial score (nSPS) is 16.0. The lowest BCUT2D eigenvalue weighted by Gasteiger charge is -2.28. The van der Waals surface area contributed by atoms with E-state index >= 15 is 0 Å². The molecule has 0 unspecified atom stereocenters. The Balaban J connectivity index is 1.77. The van der Waals surface area contributed by atoms with Gasteiger partial charge >= 0.3 is 0 Å². The number of amides is 1. The highest BCUT2D eigenvalue weighted by atomic mass is 35.5. The van der Waals surface area contributed by atoms with E-state index in [1.165, 1.54) is 0 Å². The van der Waals surface area contributed by atoms with Crippen LogP contribution < -0.4 is 4.90 Å². The molecule has 8 heteroatoms. The first-order valence-electron chi connectivity index (χ1n) is 10.3. The lowest BCUT2D eigenvalue weighted by molar-refractivity contribution is 0.0989. The minimum Gasteiger partial charge on any atom is -0.327 e. The van der Waals surface area contributed by atoms with E-state index in [1.54, 1.807) is 4.68 Å². The van der Waals surface area contributed by atoms with Crippen LogP contribution in [0.2, 0.25) is 5.02 Å². The summed E-state index contributed by atoms with van der Waals surface area (Å²) in [5, 5.41) is 9.05. The summed E-state index contributed by atoms with van der Waals surface area (Å²) >= 11 is 6.16. The van der Waals surface area contributed by atoms with Crippen molar-refractivity contribution in [1.29, 1.82) is 0 Å². The number of imidazole rings is 1. The second-order valence-corrected chi connectivity index (χ2v) is 8.77. The highest BCUT2D eigenvalue weighted by molar-refractivity contribution is 6.30. The molecule has 7 nitrogen and oxygen atoms in total. The van der Waals surface area contributed by atoms with Gasteiger partial charge in [-0.25, -0.2) is 9.67 Å². The highest BCUT2D eigenvalue weighted by Crippen LogP contribution is 2.44. The number of carbonyl (C=O) groups is 1. The third-order valence-electron chi connectivity index (χ3n) is 5.94. The van der Waals surface area contributed by atoms with Crippen molar-refractivity contribution in [1.82, 2.24) is 24.5 Å². The summed E-state index contributed by atoms with van der Waals surface area (Å²) in [5.74, 6) is 0.737. The van der Waals surface area contributed by atoms with Gasteiger partial charge in [0.25, 0.3) is 5.91 Å². The Kier molecular flexibility index (Phi) is 4.41. The molecule has 158 valence electrons. The average Bonchev–Trinajstić information content (AvgIpc) is 3.34. The summed E-state index contributed by atoms with van der Waals surface area (Å²) < 4.78 is 3.89. The molecule has 0 saturated carbocycles. The second kappa shape index (κ2) is 6.92. The van der Waals surface area contributed by atoms with E-state index in [1.807, 2.05) is 62.2 Å². The molecule has 5 rings (SSSR count). The van der Waals surface area contributed by atoms with E-state index < -0.39 is 0 Å². The predicted octanol–water partition coefficient (Wildman–Crippen LogP) is 4.77. The molecule has 1 aliphatic rings. The van der Waals surface area contributed by atoms with Crippen LogP contribution in [0.5, 0.6) is 0 Å². The third-order valence-corrected chi connectivity index (χ3v) is 6.19. The number of rotatable bonds is 3. The molecule has 31 heavy (non-hydrogen) atoms. The summed E-state index contributed by atoms with van der Waals surface area (Å²) in [4.78, 5) is 20.2. The average molecular weight is 435 g/mol. The zero-order chi connectivity index (χ0) is 22.0. The van der Waals surface area contributed by atoms with Gasteiger partial charge in [-0.3, -0.25) is 9.69 Å². The molecule has 2 aromatic carbocycles. The van der Waals surface area contributed by atoms with Gasteiger partial charge in [0.1, 0.15) is 17.4 Å². The number of nitrogens with zero attached hydrogens (tertiary/aromatic N) is 6. The van der Waals surface area contributed by atoms with Crippen molar-refractivity contribution in [3.63, 3.8) is 0 Å². The SMILES string of the molecule is Cc1cc(N2C(=O)c3nc(C)n(C(C)C)c3[C@@H]2c2ccc(Cl)cc2)cc2c1nnn2C. The molecule has 3 heterocycles. The number of aromatic nitrogens is 5. The van der Waals surface area contributed by atoms with Gasteiger partial charge in [0.05, 0.1) is 11.2 Å². The molecule has 0 spiro atoms. The molecular formula is C23H23ClN6O. The van der Waals surface area contributed by atoms with Crippen LogP contribution in [0.25, 0.3) is 11.0 Å². The number of anilines is 1. The van der Waals surface area contributed by atoms with E-state index in [2.05, 4.69) is 33.7 Å². The molecule has 2 aromatic heterocycles. The van der Waals surface area contributed by atoms with Crippen LogP contribution in [0, 0.1) is 13.8 Å². The number of hydrogen-bond donors (Lipinski definition) is 0. The van der Waals surface area contributed by atoms with Crippen molar-refractivity contribution in [2.24, 2.45) is 7.05 Å². The van der Waals surface area contributed by atoms with Gasteiger partial charge in [0.15, 0.2) is 5.69 Å². The van der Waals surface area contributed by atoms with Crippen LogP contribution in [-0.4, -0.2) is 30.5 Å². The zero-order valence-electron chi connectivity index (χ0n) is 18.1.